The van der Waals surface area contributed by atoms with Crippen LogP contribution in [-0.4, -0.2) is 36.0 Å². The molecule has 4 rings (SSSR count). The van der Waals surface area contributed by atoms with Crippen LogP contribution >= 0.6 is 0 Å². The molecule has 166 valence electrons. The quantitative estimate of drug-likeness (QED) is 0.306. The van der Waals surface area contributed by atoms with E-state index in [-0.39, 0.29) is 39.9 Å². The number of phenolic OH excluding ortho intramolecular Hbond substituents is 2. The number of rotatable bonds is 7. The first-order valence-electron chi connectivity index (χ1n) is 9.96. The minimum Gasteiger partial charge on any atom is -0.508 e. The molecule has 0 saturated carbocycles. The molecule has 1 heterocycles. The third kappa shape index (κ3) is 4.04. The van der Waals surface area contributed by atoms with Crippen LogP contribution in [-0.2, 0) is 0 Å². The van der Waals surface area contributed by atoms with Crippen molar-refractivity contribution in [3.05, 3.63) is 89.2 Å². The molecule has 0 saturated heterocycles. The number of benzene rings is 3. The Labute approximate surface area is 189 Å². The summed E-state index contributed by atoms with van der Waals surface area (Å²) in [4.78, 5) is 25.9. The molecular weight excluding hydrogens is 424 g/mol. The molecule has 0 bridgehead atoms. The van der Waals surface area contributed by atoms with Gasteiger partial charge in [0.15, 0.2) is 22.9 Å². The number of carbonyl (C=O) groups excluding carboxylic acids is 2. The second kappa shape index (κ2) is 8.92. The van der Waals surface area contributed by atoms with E-state index in [2.05, 4.69) is 0 Å². The molecule has 3 aromatic carbocycles. The summed E-state index contributed by atoms with van der Waals surface area (Å²) in [6, 6.07) is 16.4. The number of furan rings is 1. The van der Waals surface area contributed by atoms with Gasteiger partial charge in [-0.05, 0) is 29.8 Å². The lowest BCUT2D eigenvalue weighted by atomic mass is 10.0. The zero-order valence-corrected chi connectivity index (χ0v) is 17.9. The van der Waals surface area contributed by atoms with Crippen LogP contribution in [0, 0.1) is 0 Å². The number of ether oxygens (including phenoxy) is 2. The van der Waals surface area contributed by atoms with Gasteiger partial charge < -0.3 is 24.1 Å². The summed E-state index contributed by atoms with van der Waals surface area (Å²) in [6.45, 7) is 0. The Morgan fingerprint density at radius 1 is 0.909 bits per heavy atom. The van der Waals surface area contributed by atoms with Gasteiger partial charge in [0.25, 0.3) is 0 Å². The third-order valence-corrected chi connectivity index (χ3v) is 5.07. The van der Waals surface area contributed by atoms with Crippen LogP contribution in [0.25, 0.3) is 17.0 Å². The molecule has 33 heavy (non-hydrogen) atoms. The smallest absolute Gasteiger partial charge is 0.228 e. The van der Waals surface area contributed by atoms with E-state index in [4.69, 9.17) is 13.9 Å². The summed E-state index contributed by atoms with van der Waals surface area (Å²) in [6.07, 6.45) is 2.74. The Morgan fingerprint density at radius 2 is 1.64 bits per heavy atom. The molecule has 1 aromatic heterocycles. The number of aromatic hydroxyl groups is 2. The Hall–Kier alpha value is -4.52. The Morgan fingerprint density at radius 3 is 2.30 bits per heavy atom. The molecule has 0 aliphatic heterocycles. The van der Waals surface area contributed by atoms with Crippen molar-refractivity contribution in [1.29, 1.82) is 0 Å². The molecule has 0 fully saturated rings. The van der Waals surface area contributed by atoms with E-state index in [9.17, 15) is 19.8 Å². The van der Waals surface area contributed by atoms with E-state index in [1.54, 1.807) is 42.5 Å². The number of ketones is 2. The van der Waals surface area contributed by atoms with Gasteiger partial charge in [-0.15, -0.1) is 0 Å². The fourth-order valence-corrected chi connectivity index (χ4v) is 3.55. The lowest BCUT2D eigenvalue weighted by Crippen LogP contribution is -2.02. The number of phenols is 2. The van der Waals surface area contributed by atoms with Gasteiger partial charge >= 0.3 is 0 Å². The van der Waals surface area contributed by atoms with Crippen molar-refractivity contribution in [2.24, 2.45) is 0 Å². The summed E-state index contributed by atoms with van der Waals surface area (Å²) in [5.41, 5.74) is 0.954. The summed E-state index contributed by atoms with van der Waals surface area (Å²) in [7, 11) is 2.67. The zero-order chi connectivity index (χ0) is 23.5. The van der Waals surface area contributed by atoms with E-state index in [0.29, 0.717) is 16.5 Å². The van der Waals surface area contributed by atoms with E-state index < -0.39 is 11.5 Å². The highest BCUT2D eigenvalue weighted by Crippen LogP contribution is 2.47. The monoisotopic (exact) mass is 444 g/mol. The summed E-state index contributed by atoms with van der Waals surface area (Å²) in [5.74, 6) is -1.39. The van der Waals surface area contributed by atoms with Crippen molar-refractivity contribution in [2.45, 2.75) is 0 Å². The average molecular weight is 444 g/mol. The van der Waals surface area contributed by atoms with Gasteiger partial charge in [0, 0.05) is 5.56 Å². The summed E-state index contributed by atoms with van der Waals surface area (Å²) < 4.78 is 16.5. The summed E-state index contributed by atoms with van der Waals surface area (Å²) >= 11 is 0. The molecule has 0 aliphatic rings. The fourth-order valence-electron chi connectivity index (χ4n) is 3.55. The highest BCUT2D eigenvalue weighted by Gasteiger charge is 2.28. The first-order valence-corrected chi connectivity index (χ1v) is 9.96. The van der Waals surface area contributed by atoms with Crippen LogP contribution < -0.4 is 9.47 Å². The molecule has 0 amide bonds. The second-order valence-electron chi connectivity index (χ2n) is 7.13. The highest BCUT2D eigenvalue weighted by molar-refractivity contribution is 6.16. The van der Waals surface area contributed by atoms with Crippen LogP contribution in [0.4, 0.5) is 0 Å². The molecule has 0 radical (unpaired) electrons. The largest absolute Gasteiger partial charge is 0.508 e. The van der Waals surface area contributed by atoms with Crippen molar-refractivity contribution in [1.82, 2.24) is 0 Å². The first-order chi connectivity index (χ1) is 15.9. The van der Waals surface area contributed by atoms with Crippen molar-refractivity contribution in [2.75, 3.05) is 14.2 Å². The van der Waals surface area contributed by atoms with Gasteiger partial charge in [0.1, 0.15) is 17.1 Å². The van der Waals surface area contributed by atoms with E-state index in [1.165, 1.54) is 44.6 Å². The average Bonchev–Trinajstić information content (AvgIpc) is 3.26. The molecule has 0 spiro atoms. The maximum Gasteiger partial charge on any atom is 0.228 e. The maximum absolute atomic E-state index is 13.0. The van der Waals surface area contributed by atoms with E-state index >= 15 is 0 Å². The SMILES string of the molecule is COc1c(C(=O)C=Cc2cccc(O)c2)c(O)c(OC)c2oc(C(=O)c3ccccc3)cc12. The van der Waals surface area contributed by atoms with Gasteiger partial charge in [0.2, 0.25) is 11.5 Å². The molecule has 4 aromatic rings. The lowest BCUT2D eigenvalue weighted by Gasteiger charge is -2.12. The molecule has 0 unspecified atom stereocenters. The van der Waals surface area contributed by atoms with Crippen molar-refractivity contribution >= 4 is 28.6 Å². The van der Waals surface area contributed by atoms with Crippen molar-refractivity contribution in [3.8, 4) is 23.0 Å². The topological polar surface area (TPSA) is 106 Å². The number of hydrogen-bond donors (Lipinski definition) is 2. The minimum atomic E-state index is -0.565. The van der Waals surface area contributed by atoms with Crippen LogP contribution in [0.3, 0.4) is 0 Å². The van der Waals surface area contributed by atoms with Crippen molar-refractivity contribution < 1.29 is 33.7 Å². The summed E-state index contributed by atoms with van der Waals surface area (Å²) in [5, 5.41) is 20.7. The standard InChI is InChI=1S/C26H20O7/c1-31-24-18-14-20(22(29)16-8-4-3-5-9-16)33-25(18)26(32-2)23(30)21(24)19(28)12-11-15-7-6-10-17(27)13-15/h3-14,27,30H,1-2H3. The molecule has 7 heteroatoms. The Kier molecular flexibility index (Phi) is 5.87. The number of hydrogen-bond acceptors (Lipinski definition) is 7. The molecule has 2 N–H and O–H groups in total. The van der Waals surface area contributed by atoms with Crippen LogP contribution in [0.1, 0.15) is 32.0 Å². The second-order valence-corrected chi connectivity index (χ2v) is 7.13. The number of methoxy groups -OCH3 is 2. The predicted octanol–water partition coefficient (Wildman–Crippen LogP) is 4.99. The zero-order valence-electron chi connectivity index (χ0n) is 17.9. The number of allylic oxidation sites excluding steroid dienone is 1. The number of fused-ring (bicyclic) bond motifs is 1. The highest BCUT2D eigenvalue weighted by atomic mass is 16.5. The van der Waals surface area contributed by atoms with Crippen molar-refractivity contribution in [3.63, 3.8) is 0 Å². The molecule has 0 atom stereocenters. The molecule has 7 nitrogen and oxygen atoms in total. The van der Waals surface area contributed by atoms with Crippen LogP contribution in [0.5, 0.6) is 23.0 Å². The Bertz CT molecular complexity index is 1380. The van der Waals surface area contributed by atoms with Gasteiger partial charge in [-0.3, -0.25) is 9.59 Å². The lowest BCUT2D eigenvalue weighted by molar-refractivity contribution is 0.101. The maximum atomic E-state index is 13.0. The predicted molar refractivity (Wildman–Crippen MR) is 122 cm³/mol. The minimum absolute atomic E-state index is 0.00658. The molecular formula is C26H20O7. The van der Waals surface area contributed by atoms with Gasteiger partial charge in [0.05, 0.1) is 19.6 Å². The van der Waals surface area contributed by atoms with Gasteiger partial charge in [-0.2, -0.15) is 0 Å². The molecule has 0 aliphatic carbocycles. The van der Waals surface area contributed by atoms with Crippen LogP contribution in [0.2, 0.25) is 0 Å². The normalized spacial score (nSPS) is 11.1. The first kappa shape index (κ1) is 21.7. The Balaban J connectivity index is 1.84. The van der Waals surface area contributed by atoms with Gasteiger partial charge in [-0.1, -0.05) is 48.5 Å². The third-order valence-electron chi connectivity index (χ3n) is 5.07. The fraction of sp³-hybridized carbons (Fsp3) is 0.0769. The van der Waals surface area contributed by atoms with Gasteiger partial charge in [-0.25, -0.2) is 0 Å². The van der Waals surface area contributed by atoms with E-state index in [0.717, 1.165) is 0 Å². The van der Waals surface area contributed by atoms with E-state index in [1.807, 2.05) is 0 Å². The number of carbonyl (C=O) groups is 2. The van der Waals surface area contributed by atoms with Crippen LogP contribution in [0.15, 0.2) is 71.2 Å².